The number of hydrogen-bond acceptors (Lipinski definition) is 8. The van der Waals surface area contributed by atoms with Crippen molar-refractivity contribution < 1.29 is 19.7 Å². The van der Waals surface area contributed by atoms with E-state index in [2.05, 4.69) is 81.8 Å². The Morgan fingerprint density at radius 2 is 1.32 bits per heavy atom. The zero-order chi connectivity index (χ0) is 32.7. The molecule has 2 aliphatic heterocycles. The summed E-state index contributed by atoms with van der Waals surface area (Å²) in [6.45, 7) is 4.12. The van der Waals surface area contributed by atoms with E-state index in [0.717, 1.165) is 79.1 Å². The highest BCUT2D eigenvalue weighted by atomic mass is 16.5. The van der Waals surface area contributed by atoms with Crippen molar-refractivity contribution in [3.8, 4) is 33.8 Å². The van der Waals surface area contributed by atoms with Crippen molar-refractivity contribution in [3.05, 3.63) is 96.6 Å². The number of likely N-dealkylation sites (N-methyl/N-ethyl adjacent to an activating group) is 1. The summed E-state index contributed by atoms with van der Waals surface area (Å²) in [5.41, 5.74) is 6.88. The zero-order valence-electron chi connectivity index (χ0n) is 27.7. The van der Waals surface area contributed by atoms with Gasteiger partial charge in [0.15, 0.2) is 0 Å². The molecule has 3 N–H and O–H groups in total. The lowest BCUT2D eigenvalue weighted by atomic mass is 10.0. The van der Waals surface area contributed by atoms with Crippen LogP contribution in [0.3, 0.4) is 0 Å². The topological polar surface area (TPSA) is 100.0 Å². The lowest BCUT2D eigenvalue weighted by Gasteiger charge is -2.19. The third-order valence-corrected chi connectivity index (χ3v) is 8.92. The molecule has 6 rings (SSSR count). The van der Waals surface area contributed by atoms with E-state index in [9.17, 15) is 0 Å². The molecule has 0 aliphatic carbocycles. The molecule has 0 unspecified atom stereocenters. The third kappa shape index (κ3) is 10.9. The maximum Gasteiger partial charge on any atom is 0.138 e. The molecule has 250 valence electrons. The number of ether oxygens (including phenoxy) is 2. The predicted octanol–water partition coefficient (Wildman–Crippen LogP) is 5.95. The molecule has 4 heterocycles. The van der Waals surface area contributed by atoms with E-state index in [1.165, 1.54) is 36.8 Å². The minimum absolute atomic E-state index is 0.226. The fourth-order valence-electron chi connectivity index (χ4n) is 6.17. The van der Waals surface area contributed by atoms with Crippen LogP contribution in [0.1, 0.15) is 49.7 Å². The summed E-state index contributed by atoms with van der Waals surface area (Å²) in [5.74, 6) is 1.64. The largest absolute Gasteiger partial charge is 0.490 e. The number of likely N-dealkylation sites (tertiary alicyclic amines) is 1. The van der Waals surface area contributed by atoms with Crippen LogP contribution in [0.2, 0.25) is 0 Å². The Balaban J connectivity index is 0.000000185. The molecule has 2 aromatic heterocycles. The molecule has 2 aliphatic rings. The van der Waals surface area contributed by atoms with Gasteiger partial charge in [0, 0.05) is 48.8 Å². The maximum absolute atomic E-state index is 8.99. The Kier molecular flexibility index (Phi) is 13.6. The van der Waals surface area contributed by atoms with Gasteiger partial charge in [-0.25, -0.2) is 0 Å². The van der Waals surface area contributed by atoms with Crippen molar-refractivity contribution in [1.29, 1.82) is 0 Å². The van der Waals surface area contributed by atoms with E-state index in [1.807, 2.05) is 18.5 Å². The number of aryl methyl sites for hydroxylation is 2. The summed E-state index contributed by atoms with van der Waals surface area (Å²) in [7, 11) is 2.16. The number of aliphatic hydroxyl groups excluding tert-OH is 2. The van der Waals surface area contributed by atoms with Gasteiger partial charge in [0.2, 0.25) is 0 Å². The molecule has 4 aromatic rings. The molecule has 0 radical (unpaired) electrons. The summed E-state index contributed by atoms with van der Waals surface area (Å²) in [6.07, 6.45) is 15.5. The van der Waals surface area contributed by atoms with E-state index < -0.39 is 0 Å². The number of aliphatic hydroxyl groups is 2. The van der Waals surface area contributed by atoms with E-state index in [1.54, 1.807) is 12.4 Å². The number of benzene rings is 2. The van der Waals surface area contributed by atoms with Crippen molar-refractivity contribution >= 4 is 0 Å². The second kappa shape index (κ2) is 18.5. The monoisotopic (exact) mass is 638 g/mol. The number of nitrogens with one attached hydrogen (secondary N) is 1. The van der Waals surface area contributed by atoms with Gasteiger partial charge >= 0.3 is 0 Å². The molecule has 2 fully saturated rings. The smallest absolute Gasteiger partial charge is 0.138 e. The summed E-state index contributed by atoms with van der Waals surface area (Å²) in [5, 5.41) is 21.4. The van der Waals surface area contributed by atoms with Gasteiger partial charge in [-0.3, -0.25) is 9.97 Å². The number of rotatable bonds is 14. The number of pyridine rings is 2. The van der Waals surface area contributed by atoms with Crippen LogP contribution in [0.15, 0.2) is 85.5 Å². The van der Waals surface area contributed by atoms with Gasteiger partial charge < -0.3 is 29.9 Å². The van der Waals surface area contributed by atoms with E-state index in [4.69, 9.17) is 19.7 Å². The highest BCUT2D eigenvalue weighted by Gasteiger charge is 2.21. The fourth-order valence-corrected chi connectivity index (χ4v) is 6.17. The van der Waals surface area contributed by atoms with E-state index in [-0.39, 0.29) is 13.2 Å². The Labute approximate surface area is 279 Å². The van der Waals surface area contributed by atoms with Gasteiger partial charge in [-0.1, -0.05) is 48.5 Å². The molecule has 2 atom stereocenters. The van der Waals surface area contributed by atoms with Gasteiger partial charge in [0.25, 0.3) is 0 Å². The predicted molar refractivity (Wildman–Crippen MR) is 188 cm³/mol. The van der Waals surface area contributed by atoms with Crippen LogP contribution in [0.5, 0.6) is 11.5 Å². The summed E-state index contributed by atoms with van der Waals surface area (Å²) >= 11 is 0. The lowest BCUT2D eigenvalue weighted by molar-refractivity contribution is 0.198. The van der Waals surface area contributed by atoms with Crippen molar-refractivity contribution in [2.24, 2.45) is 0 Å². The van der Waals surface area contributed by atoms with Crippen molar-refractivity contribution in [1.82, 2.24) is 20.2 Å². The molecule has 0 spiro atoms. The summed E-state index contributed by atoms with van der Waals surface area (Å²) in [4.78, 5) is 11.0. The van der Waals surface area contributed by atoms with Crippen LogP contribution >= 0.6 is 0 Å². The van der Waals surface area contributed by atoms with Gasteiger partial charge in [-0.2, -0.15) is 0 Å². The first kappa shape index (κ1) is 34.5. The van der Waals surface area contributed by atoms with Crippen LogP contribution < -0.4 is 14.8 Å². The minimum Gasteiger partial charge on any atom is -0.490 e. The van der Waals surface area contributed by atoms with Gasteiger partial charge in [-0.15, -0.1) is 0 Å². The molecule has 2 aromatic carbocycles. The van der Waals surface area contributed by atoms with E-state index >= 15 is 0 Å². The fraction of sp³-hybridized carbons (Fsp3) is 0.436. The highest BCUT2D eigenvalue weighted by molar-refractivity contribution is 5.65. The summed E-state index contributed by atoms with van der Waals surface area (Å²) < 4.78 is 11.9. The van der Waals surface area contributed by atoms with Gasteiger partial charge in [0.05, 0.1) is 12.4 Å². The molecule has 8 heteroatoms. The van der Waals surface area contributed by atoms with Crippen molar-refractivity contribution in [2.75, 3.05) is 46.6 Å². The quantitative estimate of drug-likeness (QED) is 0.156. The third-order valence-electron chi connectivity index (χ3n) is 8.92. The standard InChI is InChI=1S/C20H26N2O2.C19H24N2O2/c1-22-9-3-8-19(22)15-24-20-12-18(13-21-14-20)17-7-2-5-16(11-17)6-4-10-23;22-9-3-5-15-4-1-6-16(10-15)17-11-19(13-20-12-17)23-14-18-7-2-8-21-18/h2,5,7,11-14,19,23H,3-4,6,8-10,15H2,1H3;1,4,6,10-13,18,21-22H,2-3,5,7-9,14H2/t19-;18-/m00/s1. The normalized spacial score (nSPS) is 17.7. The van der Waals surface area contributed by atoms with Gasteiger partial charge in [-0.05, 0) is 106 Å². The molecule has 0 amide bonds. The molecular weight excluding hydrogens is 588 g/mol. The molecule has 2 saturated heterocycles. The highest BCUT2D eigenvalue weighted by Crippen LogP contribution is 2.26. The molecule has 47 heavy (non-hydrogen) atoms. The average Bonchev–Trinajstić information content (AvgIpc) is 3.80. The van der Waals surface area contributed by atoms with Crippen LogP contribution in [-0.2, 0) is 12.8 Å². The Morgan fingerprint density at radius 3 is 1.83 bits per heavy atom. The number of hydrogen-bond donors (Lipinski definition) is 3. The van der Waals surface area contributed by atoms with E-state index in [0.29, 0.717) is 18.7 Å². The maximum atomic E-state index is 8.99. The number of nitrogens with zero attached hydrogens (tertiary/aromatic N) is 3. The average molecular weight is 639 g/mol. The minimum atomic E-state index is 0.226. The molecular formula is C39H50N4O4. The van der Waals surface area contributed by atoms with Crippen LogP contribution in [-0.4, -0.2) is 83.7 Å². The first-order valence-corrected chi connectivity index (χ1v) is 17.1. The van der Waals surface area contributed by atoms with Crippen LogP contribution in [0.25, 0.3) is 22.3 Å². The summed E-state index contributed by atoms with van der Waals surface area (Å²) in [6, 6.07) is 21.9. The second-order valence-corrected chi connectivity index (χ2v) is 12.6. The van der Waals surface area contributed by atoms with Crippen LogP contribution in [0.4, 0.5) is 0 Å². The van der Waals surface area contributed by atoms with Gasteiger partial charge in [0.1, 0.15) is 24.7 Å². The second-order valence-electron chi connectivity index (χ2n) is 12.6. The van der Waals surface area contributed by atoms with Crippen LogP contribution in [0, 0.1) is 0 Å². The van der Waals surface area contributed by atoms with Crippen molar-refractivity contribution in [3.63, 3.8) is 0 Å². The van der Waals surface area contributed by atoms with Crippen molar-refractivity contribution in [2.45, 2.75) is 63.5 Å². The Morgan fingerprint density at radius 1 is 0.723 bits per heavy atom. The number of aromatic nitrogens is 2. The molecule has 0 saturated carbocycles. The zero-order valence-corrected chi connectivity index (χ0v) is 27.7. The SMILES string of the molecule is CN1CCC[C@H]1COc1cncc(-c2cccc(CCCO)c2)c1.OCCCc1cccc(-c2cncc(OC[C@@H]3CCCN3)c2)c1. The Hall–Kier alpha value is -3.82. The molecule has 8 nitrogen and oxygen atoms in total. The molecule has 0 bridgehead atoms. The lowest BCUT2D eigenvalue weighted by Crippen LogP contribution is -2.30. The first-order chi connectivity index (χ1) is 23.1. The Bertz CT molecular complexity index is 1510. The first-order valence-electron chi connectivity index (χ1n) is 17.1.